The molecule has 0 bridgehead atoms. The number of aryl methyl sites for hydroxylation is 1. The number of imide groups is 2. The molecule has 0 atom stereocenters. The number of carbonyl (C=O) groups excluding carboxylic acids is 3. The van der Waals surface area contributed by atoms with E-state index in [1.807, 2.05) is 13.0 Å². The quantitative estimate of drug-likeness (QED) is 0.445. The van der Waals surface area contributed by atoms with Crippen molar-refractivity contribution in [3.05, 3.63) is 56.0 Å². The topological polar surface area (TPSA) is 109 Å². The summed E-state index contributed by atoms with van der Waals surface area (Å²) in [5.74, 6) is -0.938. The van der Waals surface area contributed by atoms with Gasteiger partial charge in [0.1, 0.15) is 11.6 Å². The Labute approximate surface area is 194 Å². The molecule has 4 amide bonds. The van der Waals surface area contributed by atoms with Crippen molar-refractivity contribution in [2.24, 2.45) is 0 Å². The zero-order valence-electron chi connectivity index (χ0n) is 16.4. The fraction of sp³-hybridized carbons (Fsp3) is 0.143. The van der Waals surface area contributed by atoms with E-state index < -0.39 is 17.8 Å². The molecule has 158 valence electrons. The summed E-state index contributed by atoms with van der Waals surface area (Å²) in [6.07, 6.45) is 1.35. The highest BCUT2D eigenvalue weighted by atomic mass is 79.9. The van der Waals surface area contributed by atoms with Crippen molar-refractivity contribution in [2.45, 2.75) is 6.92 Å². The van der Waals surface area contributed by atoms with Gasteiger partial charge in [-0.1, -0.05) is 31.9 Å². The molecule has 1 fully saturated rings. The van der Waals surface area contributed by atoms with Gasteiger partial charge in [-0.3, -0.25) is 14.9 Å². The van der Waals surface area contributed by atoms with Gasteiger partial charge in [-0.05, 0) is 54.5 Å². The van der Waals surface area contributed by atoms with E-state index in [2.05, 4.69) is 37.2 Å². The number of rotatable bonds is 5. The van der Waals surface area contributed by atoms with Gasteiger partial charge < -0.3 is 9.47 Å². The number of nitrogens with zero attached hydrogens (tertiary/aromatic N) is 2. The Bertz CT molecular complexity index is 1170. The largest absolute Gasteiger partial charge is 0.493 e. The molecule has 3 rings (SSSR count). The van der Waals surface area contributed by atoms with E-state index in [0.717, 1.165) is 14.9 Å². The SMILES string of the molecule is COc1cc(/C=C2\C(=O)NC(=O)N(c3ccc(Br)c(C)c3)C2=O)c(Br)cc1OCC#N. The summed E-state index contributed by atoms with van der Waals surface area (Å²) in [7, 11) is 1.42. The number of barbiturate groups is 1. The van der Waals surface area contributed by atoms with Crippen LogP contribution in [0.1, 0.15) is 11.1 Å². The molecule has 31 heavy (non-hydrogen) atoms. The second-order valence-electron chi connectivity index (χ2n) is 6.36. The number of halogens is 2. The van der Waals surface area contributed by atoms with Gasteiger partial charge in [0, 0.05) is 8.95 Å². The highest BCUT2D eigenvalue weighted by Gasteiger charge is 2.37. The Morgan fingerprint density at radius 1 is 1.13 bits per heavy atom. The van der Waals surface area contributed by atoms with Crippen molar-refractivity contribution in [1.29, 1.82) is 5.26 Å². The number of carbonyl (C=O) groups is 3. The van der Waals surface area contributed by atoms with Crippen LogP contribution in [0.3, 0.4) is 0 Å². The monoisotopic (exact) mass is 547 g/mol. The number of nitrogens with one attached hydrogen (secondary N) is 1. The summed E-state index contributed by atoms with van der Waals surface area (Å²) in [6, 6.07) is 9.13. The molecule has 1 aliphatic rings. The number of amides is 4. The van der Waals surface area contributed by atoms with E-state index in [4.69, 9.17) is 14.7 Å². The second kappa shape index (κ2) is 9.32. The van der Waals surface area contributed by atoms with Crippen LogP contribution >= 0.6 is 31.9 Å². The number of methoxy groups -OCH3 is 1. The lowest BCUT2D eigenvalue weighted by atomic mass is 10.1. The van der Waals surface area contributed by atoms with Crippen molar-refractivity contribution in [2.75, 3.05) is 18.6 Å². The number of benzene rings is 2. The molecule has 0 unspecified atom stereocenters. The Balaban J connectivity index is 2.04. The summed E-state index contributed by atoms with van der Waals surface area (Å²) < 4.78 is 11.9. The number of urea groups is 1. The van der Waals surface area contributed by atoms with Crippen molar-refractivity contribution in [3.63, 3.8) is 0 Å². The van der Waals surface area contributed by atoms with E-state index in [1.54, 1.807) is 30.3 Å². The summed E-state index contributed by atoms with van der Waals surface area (Å²) in [6.45, 7) is 1.65. The molecular formula is C21H15Br2N3O5. The van der Waals surface area contributed by atoms with Crippen molar-refractivity contribution in [3.8, 4) is 17.6 Å². The van der Waals surface area contributed by atoms with E-state index >= 15 is 0 Å². The van der Waals surface area contributed by atoms with Crippen molar-refractivity contribution < 1.29 is 23.9 Å². The van der Waals surface area contributed by atoms with E-state index in [0.29, 0.717) is 27.2 Å². The maximum absolute atomic E-state index is 13.1. The maximum atomic E-state index is 13.1. The minimum atomic E-state index is -0.828. The predicted molar refractivity (Wildman–Crippen MR) is 120 cm³/mol. The van der Waals surface area contributed by atoms with Crippen LogP contribution in [-0.2, 0) is 9.59 Å². The molecule has 0 aromatic heterocycles. The van der Waals surface area contributed by atoms with E-state index in [-0.39, 0.29) is 12.2 Å². The van der Waals surface area contributed by atoms with Gasteiger partial charge in [0.15, 0.2) is 18.1 Å². The van der Waals surface area contributed by atoms with Gasteiger partial charge in [-0.2, -0.15) is 5.26 Å². The Hall–Kier alpha value is -3.16. The third-order valence-corrected chi connectivity index (χ3v) is 5.95. The lowest BCUT2D eigenvalue weighted by molar-refractivity contribution is -0.122. The lowest BCUT2D eigenvalue weighted by Gasteiger charge is -2.26. The molecule has 8 nitrogen and oxygen atoms in total. The molecule has 0 aliphatic carbocycles. The molecular weight excluding hydrogens is 534 g/mol. The Kier molecular flexibility index (Phi) is 6.77. The fourth-order valence-corrected chi connectivity index (χ4v) is 3.54. The summed E-state index contributed by atoms with van der Waals surface area (Å²) in [4.78, 5) is 38.8. The first-order valence-electron chi connectivity index (χ1n) is 8.81. The third-order valence-electron chi connectivity index (χ3n) is 4.38. The smallest absolute Gasteiger partial charge is 0.335 e. The highest BCUT2D eigenvalue weighted by Crippen LogP contribution is 2.35. The average molecular weight is 549 g/mol. The van der Waals surface area contributed by atoms with Crippen molar-refractivity contribution in [1.82, 2.24) is 5.32 Å². The van der Waals surface area contributed by atoms with Gasteiger partial charge in [0.05, 0.1) is 12.8 Å². The standard InChI is InChI=1S/C21H15Br2N3O5/c1-11-7-13(3-4-15(11)22)26-20(28)14(19(27)25-21(26)29)8-12-9-17(30-2)18(10-16(12)23)31-6-5-24/h3-4,7-10H,6H2,1-2H3,(H,25,27,29)/b14-8+. The van der Waals surface area contributed by atoms with Crippen LogP contribution in [0.5, 0.6) is 11.5 Å². The molecule has 0 spiro atoms. The van der Waals surface area contributed by atoms with Crippen LogP contribution in [0.4, 0.5) is 10.5 Å². The van der Waals surface area contributed by atoms with Gasteiger partial charge in [-0.25, -0.2) is 9.69 Å². The maximum Gasteiger partial charge on any atom is 0.335 e. The summed E-state index contributed by atoms with van der Waals surface area (Å²) in [5, 5.41) is 10.9. The molecule has 2 aromatic carbocycles. The minimum Gasteiger partial charge on any atom is -0.493 e. The minimum absolute atomic E-state index is 0.173. The molecule has 10 heteroatoms. The number of hydrogen-bond acceptors (Lipinski definition) is 6. The van der Waals surface area contributed by atoms with E-state index in [9.17, 15) is 14.4 Å². The Morgan fingerprint density at radius 3 is 2.52 bits per heavy atom. The molecule has 1 aliphatic heterocycles. The first kappa shape index (κ1) is 22.5. The van der Waals surface area contributed by atoms with E-state index in [1.165, 1.54) is 13.2 Å². The van der Waals surface area contributed by atoms with Crippen molar-refractivity contribution >= 4 is 61.5 Å². The average Bonchev–Trinajstić information content (AvgIpc) is 2.73. The zero-order valence-corrected chi connectivity index (χ0v) is 19.5. The van der Waals surface area contributed by atoms with Crippen LogP contribution < -0.4 is 19.7 Å². The molecule has 0 saturated carbocycles. The van der Waals surface area contributed by atoms with Gasteiger partial charge in [0.2, 0.25) is 0 Å². The van der Waals surface area contributed by atoms with Crippen LogP contribution in [-0.4, -0.2) is 31.6 Å². The molecule has 1 heterocycles. The summed E-state index contributed by atoms with van der Waals surface area (Å²) >= 11 is 6.74. The third kappa shape index (κ3) is 4.62. The lowest BCUT2D eigenvalue weighted by Crippen LogP contribution is -2.54. The molecule has 2 aromatic rings. The molecule has 1 N–H and O–H groups in total. The predicted octanol–water partition coefficient (Wildman–Crippen LogP) is 4.10. The van der Waals surface area contributed by atoms with Gasteiger partial charge in [0.25, 0.3) is 11.8 Å². The number of hydrogen-bond donors (Lipinski definition) is 1. The fourth-order valence-electron chi connectivity index (χ4n) is 2.86. The van der Waals surface area contributed by atoms with Gasteiger partial charge >= 0.3 is 6.03 Å². The number of nitriles is 1. The molecule has 0 radical (unpaired) electrons. The Morgan fingerprint density at radius 2 is 1.87 bits per heavy atom. The first-order valence-corrected chi connectivity index (χ1v) is 10.4. The van der Waals surface area contributed by atoms with Crippen LogP contribution in [0.2, 0.25) is 0 Å². The van der Waals surface area contributed by atoms with Crippen LogP contribution in [0, 0.1) is 18.3 Å². The van der Waals surface area contributed by atoms with Gasteiger partial charge in [-0.15, -0.1) is 0 Å². The van der Waals surface area contributed by atoms with Crippen LogP contribution in [0.25, 0.3) is 6.08 Å². The second-order valence-corrected chi connectivity index (χ2v) is 8.07. The normalized spacial score (nSPS) is 15.0. The number of ether oxygens (including phenoxy) is 2. The number of anilines is 1. The molecule has 1 saturated heterocycles. The summed E-state index contributed by atoms with van der Waals surface area (Å²) in [5.41, 5.74) is 1.37. The zero-order chi connectivity index (χ0) is 22.7. The highest BCUT2D eigenvalue weighted by molar-refractivity contribution is 9.10. The van der Waals surface area contributed by atoms with Crippen LogP contribution in [0.15, 0.2) is 44.9 Å². The first-order chi connectivity index (χ1) is 14.8.